The van der Waals surface area contributed by atoms with Crippen LogP contribution in [0.3, 0.4) is 0 Å². The van der Waals surface area contributed by atoms with Gasteiger partial charge in [0.1, 0.15) is 5.82 Å². The molecular weight excluding hydrogens is 245 g/mol. The Morgan fingerprint density at radius 2 is 2.29 bits per heavy atom. The number of nitrogens with zero attached hydrogens (tertiary/aromatic N) is 1. The molecule has 1 heterocycles. The number of hydrogen-bond acceptors (Lipinski definition) is 1. The third kappa shape index (κ3) is 3.74. The minimum atomic E-state index is -0.191. The van der Waals surface area contributed by atoms with Crippen LogP contribution in [0, 0.1) is 5.82 Å². The van der Waals surface area contributed by atoms with E-state index in [9.17, 15) is 4.39 Å². The molecule has 0 amide bonds. The van der Waals surface area contributed by atoms with Crippen LogP contribution < -0.4 is 0 Å². The third-order valence-electron chi connectivity index (χ3n) is 2.19. The molecule has 3 heteroatoms. The molecule has 0 saturated carbocycles. The van der Waals surface area contributed by atoms with Gasteiger partial charge in [-0.3, -0.25) is 4.98 Å². The van der Waals surface area contributed by atoms with Crippen molar-refractivity contribution in [1.82, 2.24) is 4.98 Å². The highest BCUT2D eigenvalue weighted by molar-refractivity contribution is 9.09. The maximum Gasteiger partial charge on any atom is 0.144 e. The molecule has 0 aliphatic carbocycles. The molecule has 1 nitrogen and oxygen atoms in total. The Bertz CT molecular complexity index is 278. The van der Waals surface area contributed by atoms with E-state index >= 15 is 0 Å². The molecule has 0 radical (unpaired) electrons. The fourth-order valence-electron chi connectivity index (χ4n) is 1.38. The average Bonchev–Trinajstić information content (AvgIpc) is 2.17. The molecule has 14 heavy (non-hydrogen) atoms. The van der Waals surface area contributed by atoms with E-state index in [4.69, 9.17) is 0 Å². The van der Waals surface area contributed by atoms with Gasteiger partial charge in [-0.2, -0.15) is 0 Å². The summed E-state index contributed by atoms with van der Waals surface area (Å²) in [6.07, 6.45) is 6.99. The Morgan fingerprint density at radius 3 is 2.93 bits per heavy atom. The molecule has 78 valence electrons. The van der Waals surface area contributed by atoms with Crippen LogP contribution in [-0.4, -0.2) is 9.81 Å². The molecule has 0 aliphatic heterocycles. The Labute approximate surface area is 92.9 Å². The molecule has 0 N–H and O–H groups in total. The number of rotatable bonds is 5. The van der Waals surface area contributed by atoms with Gasteiger partial charge in [0.05, 0.1) is 6.20 Å². The second-order valence-corrected chi connectivity index (χ2v) is 4.69. The first-order valence-corrected chi connectivity index (χ1v) is 5.88. The van der Waals surface area contributed by atoms with Crippen LogP contribution in [0.4, 0.5) is 4.39 Å². The zero-order chi connectivity index (χ0) is 10.4. The predicted octanol–water partition coefficient (Wildman–Crippen LogP) is 3.72. The minimum Gasteiger partial charge on any atom is -0.262 e. The van der Waals surface area contributed by atoms with E-state index in [0.717, 1.165) is 31.2 Å². The van der Waals surface area contributed by atoms with Crippen molar-refractivity contribution in [3.05, 3.63) is 29.8 Å². The second-order valence-electron chi connectivity index (χ2n) is 3.39. The summed E-state index contributed by atoms with van der Waals surface area (Å²) in [4.78, 5) is 4.22. The first kappa shape index (κ1) is 11.6. The van der Waals surface area contributed by atoms with Gasteiger partial charge >= 0.3 is 0 Å². The topological polar surface area (TPSA) is 12.9 Å². The van der Waals surface area contributed by atoms with Crippen molar-refractivity contribution >= 4 is 15.9 Å². The number of aromatic nitrogens is 1. The first-order valence-electron chi connectivity index (χ1n) is 4.96. The summed E-state index contributed by atoms with van der Waals surface area (Å²) in [7, 11) is 0. The largest absolute Gasteiger partial charge is 0.262 e. The maximum atomic E-state index is 13.1. The summed E-state index contributed by atoms with van der Waals surface area (Å²) in [6, 6.07) is 1.75. The van der Waals surface area contributed by atoms with Crippen LogP contribution in [0.25, 0.3) is 0 Å². The zero-order valence-corrected chi connectivity index (χ0v) is 9.93. The predicted molar refractivity (Wildman–Crippen MR) is 60.1 cm³/mol. The highest BCUT2D eigenvalue weighted by Gasteiger charge is 2.06. The molecule has 1 unspecified atom stereocenters. The third-order valence-corrected chi connectivity index (χ3v) is 3.10. The van der Waals surface area contributed by atoms with Gasteiger partial charge in [0.2, 0.25) is 0 Å². The van der Waals surface area contributed by atoms with Crippen LogP contribution in [0.5, 0.6) is 0 Å². The lowest BCUT2D eigenvalue weighted by atomic mass is 10.1. The standard InChI is InChI=1S/C11H15BrFN/c1-2-3-10(12)5-4-9-6-7-14-8-11(9)13/h6-8,10H,2-5H2,1H3. The summed E-state index contributed by atoms with van der Waals surface area (Å²) < 4.78 is 13.1. The lowest BCUT2D eigenvalue weighted by Crippen LogP contribution is -2.01. The molecule has 0 aliphatic rings. The number of pyridine rings is 1. The Kier molecular flexibility index (Phi) is 5.09. The van der Waals surface area contributed by atoms with E-state index in [-0.39, 0.29) is 5.82 Å². The van der Waals surface area contributed by atoms with Crippen molar-refractivity contribution in [2.24, 2.45) is 0 Å². The summed E-state index contributed by atoms with van der Waals surface area (Å²) in [5.74, 6) is -0.191. The zero-order valence-electron chi connectivity index (χ0n) is 8.34. The van der Waals surface area contributed by atoms with Crippen LogP contribution in [0.15, 0.2) is 18.5 Å². The summed E-state index contributed by atoms with van der Waals surface area (Å²) in [6.45, 7) is 2.15. The molecule has 0 fully saturated rings. The van der Waals surface area contributed by atoms with E-state index in [1.54, 1.807) is 12.3 Å². The normalized spacial score (nSPS) is 12.8. The van der Waals surface area contributed by atoms with Crippen molar-refractivity contribution in [3.8, 4) is 0 Å². The highest BCUT2D eigenvalue weighted by atomic mass is 79.9. The minimum absolute atomic E-state index is 0.191. The Balaban J connectivity index is 2.41. The van der Waals surface area contributed by atoms with E-state index in [2.05, 4.69) is 27.8 Å². The summed E-state index contributed by atoms with van der Waals surface area (Å²) in [5, 5.41) is 0. The van der Waals surface area contributed by atoms with Crippen molar-refractivity contribution in [1.29, 1.82) is 0 Å². The lowest BCUT2D eigenvalue weighted by Gasteiger charge is -2.08. The van der Waals surface area contributed by atoms with Crippen LogP contribution in [-0.2, 0) is 6.42 Å². The molecule has 0 aromatic carbocycles. The number of halogens is 2. The quantitative estimate of drug-likeness (QED) is 0.735. The Morgan fingerprint density at radius 1 is 1.50 bits per heavy atom. The van der Waals surface area contributed by atoms with Gasteiger partial charge in [-0.05, 0) is 30.9 Å². The molecule has 1 aromatic rings. The monoisotopic (exact) mass is 259 g/mol. The number of aryl methyl sites for hydroxylation is 1. The summed E-state index contributed by atoms with van der Waals surface area (Å²) >= 11 is 3.58. The van der Waals surface area contributed by atoms with Crippen molar-refractivity contribution in [3.63, 3.8) is 0 Å². The van der Waals surface area contributed by atoms with Crippen LogP contribution in [0.1, 0.15) is 31.7 Å². The molecule has 0 bridgehead atoms. The van der Waals surface area contributed by atoms with Crippen LogP contribution >= 0.6 is 15.9 Å². The second kappa shape index (κ2) is 6.12. The fraction of sp³-hybridized carbons (Fsp3) is 0.545. The molecular formula is C11H15BrFN. The van der Waals surface area contributed by atoms with E-state index in [1.807, 2.05) is 0 Å². The molecule has 0 saturated heterocycles. The number of alkyl halides is 1. The highest BCUT2D eigenvalue weighted by Crippen LogP contribution is 2.16. The fourth-order valence-corrected chi connectivity index (χ4v) is 2.06. The lowest BCUT2D eigenvalue weighted by molar-refractivity contribution is 0.592. The smallest absolute Gasteiger partial charge is 0.144 e. The van der Waals surface area contributed by atoms with Gasteiger partial charge in [0, 0.05) is 11.0 Å². The molecule has 1 rings (SSSR count). The van der Waals surface area contributed by atoms with Crippen LogP contribution in [0.2, 0.25) is 0 Å². The van der Waals surface area contributed by atoms with Crippen molar-refractivity contribution < 1.29 is 4.39 Å². The average molecular weight is 260 g/mol. The van der Waals surface area contributed by atoms with Gasteiger partial charge < -0.3 is 0 Å². The summed E-state index contributed by atoms with van der Waals surface area (Å²) in [5.41, 5.74) is 0.764. The van der Waals surface area contributed by atoms with Gasteiger partial charge in [0.25, 0.3) is 0 Å². The van der Waals surface area contributed by atoms with Crippen molar-refractivity contribution in [2.45, 2.75) is 37.4 Å². The van der Waals surface area contributed by atoms with Gasteiger partial charge in [-0.25, -0.2) is 4.39 Å². The van der Waals surface area contributed by atoms with E-state index < -0.39 is 0 Å². The van der Waals surface area contributed by atoms with Gasteiger partial charge in [-0.15, -0.1) is 0 Å². The van der Waals surface area contributed by atoms with Gasteiger partial charge in [0.15, 0.2) is 0 Å². The van der Waals surface area contributed by atoms with Gasteiger partial charge in [-0.1, -0.05) is 29.3 Å². The maximum absolute atomic E-state index is 13.1. The molecule has 1 atom stereocenters. The van der Waals surface area contributed by atoms with E-state index in [0.29, 0.717) is 4.83 Å². The Hall–Kier alpha value is -0.440. The first-order chi connectivity index (χ1) is 6.74. The molecule has 0 spiro atoms. The SMILES string of the molecule is CCCC(Br)CCc1ccncc1F. The molecule has 1 aromatic heterocycles. The van der Waals surface area contributed by atoms with Crippen molar-refractivity contribution in [2.75, 3.05) is 0 Å². The number of hydrogen-bond donors (Lipinski definition) is 0. The van der Waals surface area contributed by atoms with E-state index in [1.165, 1.54) is 6.20 Å².